The Hall–Kier alpha value is -2.80. The van der Waals surface area contributed by atoms with Gasteiger partial charge in [-0.1, -0.05) is 6.07 Å². The van der Waals surface area contributed by atoms with Crippen LogP contribution in [0.4, 0.5) is 20.2 Å². The quantitative estimate of drug-likeness (QED) is 0.900. The highest BCUT2D eigenvalue weighted by Gasteiger charge is 2.32. The van der Waals surface area contributed by atoms with E-state index in [-0.39, 0.29) is 11.5 Å². The highest BCUT2D eigenvalue weighted by molar-refractivity contribution is 6.05. The van der Waals surface area contributed by atoms with Gasteiger partial charge >= 0.3 is 0 Å². The molecule has 0 bridgehead atoms. The highest BCUT2D eigenvalue weighted by Crippen LogP contribution is 2.32. The van der Waals surface area contributed by atoms with Crippen LogP contribution in [0.5, 0.6) is 0 Å². The van der Waals surface area contributed by atoms with Crippen molar-refractivity contribution in [3.05, 3.63) is 59.2 Å². The number of benzene rings is 2. The Morgan fingerprint density at radius 1 is 1.11 bits per heavy atom. The molecule has 2 aliphatic heterocycles. The molecular formula is C20H18F2N2O3. The normalized spacial score (nSPS) is 18.4. The van der Waals surface area contributed by atoms with Crippen LogP contribution in [0.2, 0.25) is 0 Å². The topological polar surface area (TPSA) is 58.6 Å². The van der Waals surface area contributed by atoms with Gasteiger partial charge in [0.15, 0.2) is 11.6 Å². The maximum Gasteiger partial charge on any atom is 0.256 e. The average Bonchev–Trinajstić information content (AvgIpc) is 3.33. The number of anilines is 2. The second-order valence-corrected chi connectivity index (χ2v) is 6.67. The first-order valence-corrected chi connectivity index (χ1v) is 8.85. The summed E-state index contributed by atoms with van der Waals surface area (Å²) in [5.41, 5.74) is 2.27. The largest absolute Gasteiger partial charge is 0.368 e. The predicted molar refractivity (Wildman–Crippen MR) is 95.8 cm³/mol. The van der Waals surface area contributed by atoms with Crippen molar-refractivity contribution in [1.82, 2.24) is 0 Å². The zero-order valence-corrected chi connectivity index (χ0v) is 14.5. The number of hydrogen-bond donors (Lipinski definition) is 1. The van der Waals surface area contributed by atoms with Crippen molar-refractivity contribution in [2.45, 2.75) is 25.4 Å². The Morgan fingerprint density at radius 2 is 1.96 bits per heavy atom. The summed E-state index contributed by atoms with van der Waals surface area (Å²) in [5, 5.41) is 2.67. The standard InChI is InChI=1S/C20H18F2N2O3/c21-15-6-4-13(10-16(15)22)19(25)23-14-5-3-12-7-8-24(17(12)11-14)20(26)18-2-1-9-27-18/h3-6,10-11,18H,1-2,7-9H2,(H,23,25)/t18-/m1/s1. The second kappa shape index (κ2) is 7.08. The maximum absolute atomic E-state index is 13.3. The van der Waals surface area contributed by atoms with Crippen molar-refractivity contribution in [2.24, 2.45) is 0 Å². The molecule has 2 aliphatic rings. The Kier molecular flexibility index (Phi) is 4.61. The number of rotatable bonds is 3. The van der Waals surface area contributed by atoms with Crippen LogP contribution in [0.1, 0.15) is 28.8 Å². The van der Waals surface area contributed by atoms with Gasteiger partial charge in [0.25, 0.3) is 11.8 Å². The summed E-state index contributed by atoms with van der Waals surface area (Å²) in [6.07, 6.45) is 1.93. The van der Waals surface area contributed by atoms with Gasteiger partial charge in [-0.25, -0.2) is 8.78 Å². The summed E-state index contributed by atoms with van der Waals surface area (Å²) in [5.74, 6) is -2.70. The molecule has 1 fully saturated rings. The van der Waals surface area contributed by atoms with E-state index < -0.39 is 23.6 Å². The third-order valence-corrected chi connectivity index (χ3v) is 4.89. The summed E-state index contributed by atoms with van der Waals surface area (Å²) in [7, 11) is 0. The van der Waals surface area contributed by atoms with Crippen molar-refractivity contribution in [3.63, 3.8) is 0 Å². The molecule has 5 nitrogen and oxygen atoms in total. The lowest BCUT2D eigenvalue weighted by Crippen LogP contribution is -2.37. The van der Waals surface area contributed by atoms with Gasteiger partial charge in [-0.2, -0.15) is 0 Å². The van der Waals surface area contributed by atoms with Gasteiger partial charge in [-0.15, -0.1) is 0 Å². The minimum Gasteiger partial charge on any atom is -0.368 e. The molecule has 0 aliphatic carbocycles. The number of fused-ring (bicyclic) bond motifs is 1. The molecule has 7 heteroatoms. The molecule has 27 heavy (non-hydrogen) atoms. The zero-order chi connectivity index (χ0) is 19.0. The molecule has 140 valence electrons. The minimum atomic E-state index is -1.08. The van der Waals surface area contributed by atoms with Crippen LogP contribution in [-0.4, -0.2) is 31.1 Å². The van der Waals surface area contributed by atoms with Crippen molar-refractivity contribution in [1.29, 1.82) is 0 Å². The maximum atomic E-state index is 13.3. The fourth-order valence-electron chi connectivity index (χ4n) is 3.47. The molecule has 2 heterocycles. The number of hydrogen-bond acceptors (Lipinski definition) is 3. The van der Waals surface area contributed by atoms with Crippen molar-refractivity contribution in [3.8, 4) is 0 Å². The molecule has 4 rings (SSSR count). The Labute approximate surface area is 154 Å². The lowest BCUT2D eigenvalue weighted by atomic mass is 10.1. The molecule has 2 aromatic rings. The van der Waals surface area contributed by atoms with Crippen LogP contribution in [0.3, 0.4) is 0 Å². The molecule has 1 N–H and O–H groups in total. The first-order valence-electron chi connectivity index (χ1n) is 8.85. The van der Waals surface area contributed by atoms with Gasteiger partial charge in [-0.05, 0) is 55.2 Å². The number of halogens is 2. The molecule has 1 saturated heterocycles. The molecule has 2 aromatic carbocycles. The van der Waals surface area contributed by atoms with E-state index in [2.05, 4.69) is 5.32 Å². The van der Waals surface area contributed by atoms with Gasteiger partial charge in [0.05, 0.1) is 0 Å². The van der Waals surface area contributed by atoms with Crippen molar-refractivity contribution >= 4 is 23.2 Å². The number of carbonyl (C=O) groups is 2. The molecule has 2 amide bonds. The summed E-state index contributed by atoms with van der Waals surface area (Å²) < 4.78 is 31.9. The first kappa shape index (κ1) is 17.6. The number of amides is 2. The third kappa shape index (κ3) is 3.42. The Morgan fingerprint density at radius 3 is 2.70 bits per heavy atom. The van der Waals surface area contributed by atoms with E-state index >= 15 is 0 Å². The van der Waals surface area contributed by atoms with Crippen LogP contribution in [0.15, 0.2) is 36.4 Å². The van der Waals surface area contributed by atoms with Crippen LogP contribution in [0.25, 0.3) is 0 Å². The van der Waals surface area contributed by atoms with E-state index in [9.17, 15) is 18.4 Å². The number of nitrogens with zero attached hydrogens (tertiary/aromatic N) is 1. The smallest absolute Gasteiger partial charge is 0.256 e. The average molecular weight is 372 g/mol. The lowest BCUT2D eigenvalue weighted by molar-refractivity contribution is -0.127. The van der Waals surface area contributed by atoms with E-state index in [1.54, 1.807) is 17.0 Å². The molecule has 0 aromatic heterocycles. The fourth-order valence-corrected chi connectivity index (χ4v) is 3.47. The lowest BCUT2D eigenvalue weighted by Gasteiger charge is -2.21. The van der Waals surface area contributed by atoms with E-state index in [0.717, 1.165) is 42.6 Å². The van der Waals surface area contributed by atoms with Crippen LogP contribution in [-0.2, 0) is 16.0 Å². The molecule has 0 radical (unpaired) electrons. The second-order valence-electron chi connectivity index (χ2n) is 6.67. The van der Waals surface area contributed by atoms with Crippen molar-refractivity contribution < 1.29 is 23.1 Å². The van der Waals surface area contributed by atoms with E-state index in [4.69, 9.17) is 4.74 Å². The number of nitrogens with one attached hydrogen (secondary N) is 1. The van der Waals surface area contributed by atoms with E-state index in [1.807, 2.05) is 6.07 Å². The van der Waals surface area contributed by atoms with Crippen LogP contribution in [0, 0.1) is 11.6 Å². The molecular weight excluding hydrogens is 354 g/mol. The van der Waals surface area contributed by atoms with Gasteiger partial charge in [0.1, 0.15) is 6.10 Å². The number of ether oxygens (including phenoxy) is 1. The molecule has 1 atom stereocenters. The van der Waals surface area contributed by atoms with Crippen LogP contribution < -0.4 is 10.2 Å². The minimum absolute atomic E-state index is 0.0155. The fraction of sp³-hybridized carbons (Fsp3) is 0.300. The van der Waals surface area contributed by atoms with Gasteiger partial charge in [0, 0.05) is 30.1 Å². The van der Waals surface area contributed by atoms with Crippen molar-refractivity contribution in [2.75, 3.05) is 23.4 Å². The summed E-state index contributed by atoms with van der Waals surface area (Å²) in [4.78, 5) is 26.7. The van der Waals surface area contributed by atoms with E-state index in [0.29, 0.717) is 18.8 Å². The predicted octanol–water partition coefficient (Wildman–Crippen LogP) is 3.29. The number of carbonyl (C=O) groups excluding carboxylic acids is 2. The van der Waals surface area contributed by atoms with E-state index in [1.165, 1.54) is 6.07 Å². The van der Waals surface area contributed by atoms with Gasteiger partial charge in [-0.3, -0.25) is 9.59 Å². The van der Waals surface area contributed by atoms with Crippen LogP contribution >= 0.6 is 0 Å². The Balaban J connectivity index is 1.53. The molecule has 0 unspecified atom stereocenters. The monoisotopic (exact) mass is 372 g/mol. The molecule has 0 spiro atoms. The summed E-state index contributed by atoms with van der Waals surface area (Å²) in [6.45, 7) is 1.18. The van der Waals surface area contributed by atoms with Gasteiger partial charge in [0.2, 0.25) is 0 Å². The first-order chi connectivity index (χ1) is 13.0. The van der Waals surface area contributed by atoms with Gasteiger partial charge < -0.3 is 15.0 Å². The Bertz CT molecular complexity index is 910. The summed E-state index contributed by atoms with van der Waals surface area (Å²) in [6, 6.07) is 8.30. The SMILES string of the molecule is O=C(Nc1ccc2c(c1)N(C(=O)[C@H]1CCCO1)CC2)c1ccc(F)c(F)c1. The highest BCUT2D eigenvalue weighted by atomic mass is 19.2. The third-order valence-electron chi connectivity index (χ3n) is 4.89. The zero-order valence-electron chi connectivity index (χ0n) is 14.5. The molecule has 0 saturated carbocycles. The summed E-state index contributed by atoms with van der Waals surface area (Å²) >= 11 is 0.